The summed E-state index contributed by atoms with van der Waals surface area (Å²) in [5, 5.41) is 0.820. The van der Waals surface area contributed by atoms with Crippen LogP contribution >= 0.6 is 23.2 Å². The number of morpholine rings is 1. The number of halogens is 2. The zero-order valence-corrected chi connectivity index (χ0v) is 18.5. The molecule has 1 fully saturated rings. The number of carbonyl (C=O) groups excluding carboxylic acids is 1. The van der Waals surface area contributed by atoms with Gasteiger partial charge in [0.1, 0.15) is 0 Å². The molecule has 0 aliphatic carbocycles. The van der Waals surface area contributed by atoms with Crippen LogP contribution < -0.4 is 10.9 Å². The topological polar surface area (TPSA) is 87.7 Å². The van der Waals surface area contributed by atoms with E-state index in [1.54, 1.807) is 37.3 Å². The van der Waals surface area contributed by atoms with E-state index in [0.29, 0.717) is 29.0 Å². The zero-order chi connectivity index (χ0) is 21.7. The first kappa shape index (κ1) is 22.6. The lowest BCUT2D eigenvalue weighted by atomic mass is 10.1. The molecular formula is C20H21Cl2N3O4S. The van der Waals surface area contributed by atoms with E-state index < -0.39 is 15.9 Å². The van der Waals surface area contributed by atoms with Gasteiger partial charge in [0.05, 0.1) is 33.9 Å². The summed E-state index contributed by atoms with van der Waals surface area (Å²) in [4.78, 5) is 12.7. The van der Waals surface area contributed by atoms with E-state index in [-0.39, 0.29) is 23.5 Å². The number of nitrogens with one attached hydrogen (secondary N) is 2. The highest BCUT2D eigenvalue weighted by molar-refractivity contribution is 7.89. The van der Waals surface area contributed by atoms with E-state index in [1.807, 2.05) is 0 Å². The van der Waals surface area contributed by atoms with Crippen LogP contribution in [0.2, 0.25) is 10.0 Å². The van der Waals surface area contributed by atoms with Gasteiger partial charge < -0.3 is 4.74 Å². The van der Waals surface area contributed by atoms with Crippen LogP contribution in [0, 0.1) is 0 Å². The molecule has 0 saturated carbocycles. The van der Waals surface area contributed by atoms with Gasteiger partial charge in [0, 0.05) is 24.2 Å². The highest BCUT2D eigenvalue weighted by Gasteiger charge is 2.26. The average molecular weight is 470 g/mol. The monoisotopic (exact) mass is 469 g/mol. The van der Waals surface area contributed by atoms with Crippen LogP contribution in [0.5, 0.6) is 0 Å². The van der Waals surface area contributed by atoms with Crippen molar-refractivity contribution in [1.82, 2.24) is 15.2 Å². The molecule has 2 N–H and O–H groups in total. The van der Waals surface area contributed by atoms with Crippen LogP contribution in [-0.2, 0) is 14.8 Å². The van der Waals surface area contributed by atoms with Crippen molar-refractivity contribution in [3.05, 3.63) is 69.7 Å². The summed E-state index contributed by atoms with van der Waals surface area (Å²) in [6.07, 6.45) is 1.76. The van der Waals surface area contributed by atoms with Crippen molar-refractivity contribution >= 4 is 44.8 Å². The van der Waals surface area contributed by atoms with Crippen molar-refractivity contribution in [3.63, 3.8) is 0 Å². The molecule has 1 saturated heterocycles. The molecule has 1 aliphatic heterocycles. The van der Waals surface area contributed by atoms with Gasteiger partial charge in [-0.05, 0) is 37.3 Å². The number of allylic oxidation sites excluding steroid dienone is 1. The SMILES string of the molecule is C/C=C(\NNC(=O)c1cccc(S(=O)(=O)N2CCOCC2)c1)c1ccc(Cl)c(Cl)c1. The van der Waals surface area contributed by atoms with Gasteiger partial charge in [-0.3, -0.25) is 15.6 Å². The molecule has 2 aromatic rings. The molecule has 30 heavy (non-hydrogen) atoms. The fraction of sp³-hybridized carbons (Fsp3) is 0.250. The van der Waals surface area contributed by atoms with Crippen LogP contribution in [0.15, 0.2) is 53.4 Å². The van der Waals surface area contributed by atoms with Gasteiger partial charge in [-0.2, -0.15) is 4.31 Å². The Balaban J connectivity index is 1.72. The second-order valence-electron chi connectivity index (χ2n) is 6.45. The zero-order valence-electron chi connectivity index (χ0n) is 16.2. The molecule has 1 amide bonds. The van der Waals surface area contributed by atoms with E-state index in [0.717, 1.165) is 5.56 Å². The van der Waals surface area contributed by atoms with Gasteiger partial charge in [-0.15, -0.1) is 0 Å². The van der Waals surface area contributed by atoms with E-state index in [4.69, 9.17) is 27.9 Å². The van der Waals surface area contributed by atoms with Gasteiger partial charge in [0.25, 0.3) is 5.91 Å². The number of carbonyl (C=O) groups is 1. The van der Waals surface area contributed by atoms with E-state index in [2.05, 4.69) is 10.9 Å². The number of hydrazine groups is 1. The molecule has 0 bridgehead atoms. The maximum absolute atomic E-state index is 12.8. The second kappa shape index (κ2) is 9.80. The van der Waals surface area contributed by atoms with Gasteiger partial charge in [0.15, 0.2) is 0 Å². The Morgan fingerprint density at radius 1 is 1.03 bits per heavy atom. The first-order valence-corrected chi connectivity index (χ1v) is 11.4. The first-order chi connectivity index (χ1) is 14.3. The Kier molecular flexibility index (Phi) is 7.38. The molecule has 10 heteroatoms. The summed E-state index contributed by atoms with van der Waals surface area (Å²) in [5.41, 5.74) is 6.97. The minimum atomic E-state index is -3.69. The highest BCUT2D eigenvalue weighted by atomic mass is 35.5. The predicted molar refractivity (Wildman–Crippen MR) is 117 cm³/mol. The van der Waals surface area contributed by atoms with Crippen LogP contribution in [0.25, 0.3) is 5.70 Å². The summed E-state index contributed by atoms with van der Waals surface area (Å²) in [6, 6.07) is 11.0. The molecule has 1 heterocycles. The number of nitrogens with zero attached hydrogens (tertiary/aromatic N) is 1. The van der Waals surface area contributed by atoms with Gasteiger partial charge in [0.2, 0.25) is 10.0 Å². The van der Waals surface area contributed by atoms with Crippen molar-refractivity contribution in [2.45, 2.75) is 11.8 Å². The summed E-state index contributed by atoms with van der Waals surface area (Å²) in [7, 11) is -3.69. The average Bonchev–Trinajstić information content (AvgIpc) is 2.77. The smallest absolute Gasteiger partial charge is 0.269 e. The summed E-state index contributed by atoms with van der Waals surface area (Å²) in [6.45, 7) is 3.07. The van der Waals surface area contributed by atoms with Crippen LogP contribution in [-0.4, -0.2) is 44.9 Å². The van der Waals surface area contributed by atoms with E-state index in [1.165, 1.54) is 22.5 Å². The predicted octanol–water partition coefficient (Wildman–Crippen LogP) is 3.31. The van der Waals surface area contributed by atoms with Gasteiger partial charge in [-0.25, -0.2) is 8.42 Å². The first-order valence-electron chi connectivity index (χ1n) is 9.19. The lowest BCUT2D eigenvalue weighted by molar-refractivity contribution is 0.0730. The van der Waals surface area contributed by atoms with Crippen molar-refractivity contribution < 1.29 is 17.9 Å². The van der Waals surface area contributed by atoms with Crippen molar-refractivity contribution in [2.24, 2.45) is 0 Å². The third-order valence-corrected chi connectivity index (χ3v) is 7.17. The number of hydrogen-bond acceptors (Lipinski definition) is 5. The van der Waals surface area contributed by atoms with Gasteiger partial charge in [-0.1, -0.05) is 41.4 Å². The maximum Gasteiger partial charge on any atom is 0.269 e. The molecule has 160 valence electrons. The Hall–Kier alpha value is -2.10. The minimum absolute atomic E-state index is 0.0628. The van der Waals surface area contributed by atoms with Crippen molar-refractivity contribution in [3.8, 4) is 0 Å². The molecule has 0 spiro atoms. The molecule has 0 unspecified atom stereocenters. The summed E-state index contributed by atoms with van der Waals surface area (Å²) >= 11 is 12.0. The van der Waals surface area contributed by atoms with E-state index in [9.17, 15) is 13.2 Å². The van der Waals surface area contributed by atoms with Crippen molar-refractivity contribution in [2.75, 3.05) is 26.3 Å². The Morgan fingerprint density at radius 2 is 1.77 bits per heavy atom. The fourth-order valence-corrected chi connectivity index (χ4v) is 4.66. The third-order valence-electron chi connectivity index (χ3n) is 4.53. The largest absolute Gasteiger partial charge is 0.379 e. The van der Waals surface area contributed by atoms with Crippen molar-refractivity contribution in [1.29, 1.82) is 0 Å². The second-order valence-corrected chi connectivity index (χ2v) is 9.21. The molecule has 2 aromatic carbocycles. The molecule has 1 aliphatic rings. The number of ether oxygens (including phenoxy) is 1. The number of rotatable bonds is 6. The summed E-state index contributed by atoms with van der Waals surface area (Å²) in [5.74, 6) is -0.478. The maximum atomic E-state index is 12.8. The molecule has 0 radical (unpaired) electrons. The standard InChI is InChI=1S/C20H21Cl2N3O4S/c1-2-19(14-6-7-17(21)18(22)13-14)23-24-20(26)15-4-3-5-16(12-15)30(27,28)25-8-10-29-11-9-25/h2-7,12-13,23H,8-11H2,1H3,(H,24,26)/b19-2-. The lowest BCUT2D eigenvalue weighted by Crippen LogP contribution is -2.40. The lowest BCUT2D eigenvalue weighted by Gasteiger charge is -2.26. The van der Waals surface area contributed by atoms with E-state index >= 15 is 0 Å². The fourth-order valence-electron chi connectivity index (χ4n) is 2.90. The number of hydrogen-bond donors (Lipinski definition) is 2. The summed E-state index contributed by atoms with van der Waals surface area (Å²) < 4.78 is 32.2. The Bertz CT molecular complexity index is 1070. The molecule has 0 atom stereocenters. The molecule has 7 nitrogen and oxygen atoms in total. The minimum Gasteiger partial charge on any atom is -0.379 e. The van der Waals surface area contributed by atoms with Crippen LogP contribution in [0.1, 0.15) is 22.8 Å². The normalized spacial score (nSPS) is 15.6. The van der Waals surface area contributed by atoms with Gasteiger partial charge >= 0.3 is 0 Å². The highest BCUT2D eigenvalue weighted by Crippen LogP contribution is 2.25. The van der Waals surface area contributed by atoms with Crippen LogP contribution in [0.4, 0.5) is 0 Å². The third kappa shape index (κ3) is 5.14. The quantitative estimate of drug-likeness (QED) is 0.633. The molecule has 3 rings (SSSR count). The number of amides is 1. The number of sulfonamides is 1. The Labute approximate surface area is 185 Å². The molecule has 0 aromatic heterocycles. The van der Waals surface area contributed by atoms with Crippen LogP contribution in [0.3, 0.4) is 0 Å². The number of benzene rings is 2. The Morgan fingerprint density at radius 3 is 2.43 bits per heavy atom. The molecular weight excluding hydrogens is 449 g/mol.